The minimum Gasteiger partial charge on any atom is -0.367 e. The summed E-state index contributed by atoms with van der Waals surface area (Å²) in [7, 11) is -3.95. The molecule has 0 radical (unpaired) electrons. The summed E-state index contributed by atoms with van der Waals surface area (Å²) in [5.41, 5.74) is -1.92. The summed E-state index contributed by atoms with van der Waals surface area (Å²) in [6.45, 7) is 1.59. The van der Waals surface area contributed by atoms with Gasteiger partial charge in [-0.15, -0.1) is 0 Å². The maximum absolute atomic E-state index is 12.7. The number of piperidine rings is 1. The third kappa shape index (κ3) is 3.42. The van der Waals surface area contributed by atoms with Gasteiger partial charge in [0.2, 0.25) is 10.0 Å². The molecule has 3 heterocycles. The van der Waals surface area contributed by atoms with Crippen molar-refractivity contribution in [3.05, 3.63) is 23.5 Å². The summed E-state index contributed by atoms with van der Waals surface area (Å²) in [5.74, 6) is -0.000842. The molecule has 1 aromatic rings. The third-order valence-corrected chi connectivity index (χ3v) is 6.67. The molecule has 0 atom stereocenters. The number of aromatic nitrogens is 1. The molecule has 10 heteroatoms. The van der Waals surface area contributed by atoms with Crippen LogP contribution in [-0.2, 0) is 25.7 Å². The topological polar surface area (TPSA) is 76.6 Å². The van der Waals surface area contributed by atoms with Gasteiger partial charge in [-0.1, -0.05) is 0 Å². The first-order valence-corrected chi connectivity index (χ1v) is 9.18. The van der Waals surface area contributed by atoms with E-state index in [9.17, 15) is 26.4 Å². The summed E-state index contributed by atoms with van der Waals surface area (Å²) >= 11 is 0. The van der Waals surface area contributed by atoms with Crippen molar-refractivity contribution < 1.29 is 31.1 Å². The Labute approximate surface area is 143 Å². The first kappa shape index (κ1) is 18.3. The van der Waals surface area contributed by atoms with E-state index >= 15 is 0 Å². The highest BCUT2D eigenvalue weighted by atomic mass is 32.2. The number of ketones is 1. The van der Waals surface area contributed by atoms with Crippen molar-refractivity contribution in [2.45, 2.75) is 42.9 Å². The van der Waals surface area contributed by atoms with Crippen molar-refractivity contribution in [3.63, 3.8) is 0 Å². The van der Waals surface area contributed by atoms with Gasteiger partial charge in [0.1, 0.15) is 17.2 Å². The molecule has 0 aliphatic carbocycles. The van der Waals surface area contributed by atoms with E-state index in [1.54, 1.807) is 0 Å². The number of rotatable bonds is 2. The zero-order chi connectivity index (χ0) is 18.5. The summed E-state index contributed by atoms with van der Waals surface area (Å²) in [6, 6.07) is 1.62. The Morgan fingerprint density at radius 3 is 2.36 bits per heavy atom. The Bertz CT molecular complexity index is 799. The number of aryl methyl sites for hydroxylation is 1. The highest BCUT2D eigenvalue weighted by molar-refractivity contribution is 7.89. The van der Waals surface area contributed by atoms with Gasteiger partial charge in [-0.05, 0) is 31.9 Å². The molecule has 0 aromatic carbocycles. The Morgan fingerprint density at radius 1 is 1.24 bits per heavy atom. The number of ether oxygens (including phenoxy) is 1. The van der Waals surface area contributed by atoms with Crippen LogP contribution in [0, 0.1) is 6.92 Å². The van der Waals surface area contributed by atoms with Crippen LogP contribution in [0.2, 0.25) is 0 Å². The highest BCUT2D eigenvalue weighted by Gasteiger charge is 2.44. The fourth-order valence-electron chi connectivity index (χ4n) is 3.27. The molecule has 6 nitrogen and oxygen atoms in total. The number of carbonyl (C=O) groups excluding carboxylic acids is 1. The lowest BCUT2D eigenvalue weighted by molar-refractivity contribution is -0.141. The van der Waals surface area contributed by atoms with E-state index in [1.807, 2.05) is 0 Å². The van der Waals surface area contributed by atoms with Crippen molar-refractivity contribution in [1.29, 1.82) is 0 Å². The predicted molar refractivity (Wildman–Crippen MR) is 80.3 cm³/mol. The molecule has 25 heavy (non-hydrogen) atoms. The number of hydrogen-bond donors (Lipinski definition) is 0. The number of alkyl halides is 3. The molecule has 0 N–H and O–H groups in total. The van der Waals surface area contributed by atoms with E-state index in [4.69, 9.17) is 4.74 Å². The lowest BCUT2D eigenvalue weighted by atomic mass is 9.89. The van der Waals surface area contributed by atoms with Gasteiger partial charge in [-0.3, -0.25) is 4.79 Å². The average Bonchev–Trinajstić information content (AvgIpc) is 2.87. The highest BCUT2D eigenvalue weighted by Crippen LogP contribution is 2.36. The number of carbonyl (C=O) groups is 1. The zero-order valence-corrected chi connectivity index (χ0v) is 14.3. The maximum Gasteiger partial charge on any atom is 0.433 e. The predicted octanol–water partition coefficient (Wildman–Crippen LogP) is 1.92. The van der Waals surface area contributed by atoms with Crippen LogP contribution in [0.4, 0.5) is 13.2 Å². The number of hydrogen-bond acceptors (Lipinski definition) is 5. The van der Waals surface area contributed by atoms with Crippen LogP contribution in [0.25, 0.3) is 0 Å². The number of halogens is 3. The van der Waals surface area contributed by atoms with Crippen molar-refractivity contribution in [2.75, 3.05) is 19.7 Å². The van der Waals surface area contributed by atoms with Crippen LogP contribution in [-0.4, -0.2) is 48.8 Å². The molecule has 2 aliphatic rings. The van der Waals surface area contributed by atoms with Crippen LogP contribution >= 0.6 is 0 Å². The fourth-order valence-corrected chi connectivity index (χ4v) is 4.87. The van der Waals surface area contributed by atoms with Gasteiger partial charge in [-0.2, -0.15) is 17.5 Å². The van der Waals surface area contributed by atoms with Gasteiger partial charge in [0.25, 0.3) is 0 Å². The summed E-state index contributed by atoms with van der Waals surface area (Å²) in [6.07, 6.45) is -3.59. The normalized spacial score (nSPS) is 21.8. The lowest BCUT2D eigenvalue weighted by Gasteiger charge is -2.37. The Morgan fingerprint density at radius 2 is 1.88 bits per heavy atom. The van der Waals surface area contributed by atoms with E-state index in [0.29, 0.717) is 18.9 Å². The van der Waals surface area contributed by atoms with Crippen LogP contribution in [0.3, 0.4) is 0 Å². The van der Waals surface area contributed by atoms with Gasteiger partial charge in [0.05, 0.1) is 11.3 Å². The molecular formula is C15H17F3N2O4S. The monoisotopic (exact) mass is 378 g/mol. The summed E-state index contributed by atoms with van der Waals surface area (Å²) in [4.78, 5) is 14.6. The van der Waals surface area contributed by atoms with Crippen LogP contribution < -0.4 is 0 Å². The van der Waals surface area contributed by atoms with E-state index in [1.165, 1.54) is 11.2 Å². The standard InChI is InChI=1S/C15H17F3N2O4S/c1-10-12(2-3-13(19-10)15(16,17)18)25(22,23)20-6-4-14(5-7-20)8-11(21)9-24-14/h2-3H,4-9H2,1H3. The molecule has 0 unspecified atom stereocenters. The van der Waals surface area contributed by atoms with Crippen molar-refractivity contribution in [2.24, 2.45) is 0 Å². The molecule has 2 fully saturated rings. The van der Waals surface area contributed by atoms with Gasteiger partial charge < -0.3 is 4.74 Å². The van der Waals surface area contributed by atoms with Crippen molar-refractivity contribution in [1.82, 2.24) is 9.29 Å². The number of sulfonamides is 1. The van der Waals surface area contributed by atoms with Crippen LogP contribution in [0.5, 0.6) is 0 Å². The van der Waals surface area contributed by atoms with E-state index in [2.05, 4.69) is 4.98 Å². The first-order chi connectivity index (χ1) is 11.5. The molecule has 0 amide bonds. The second-order valence-electron chi connectivity index (χ2n) is 6.37. The second-order valence-corrected chi connectivity index (χ2v) is 8.28. The van der Waals surface area contributed by atoms with Gasteiger partial charge in [0, 0.05) is 19.5 Å². The largest absolute Gasteiger partial charge is 0.433 e. The van der Waals surface area contributed by atoms with Crippen molar-refractivity contribution >= 4 is 15.8 Å². The Hall–Kier alpha value is -1.52. The smallest absolute Gasteiger partial charge is 0.367 e. The number of pyridine rings is 1. The lowest BCUT2D eigenvalue weighted by Crippen LogP contribution is -2.46. The SMILES string of the molecule is Cc1nc(C(F)(F)F)ccc1S(=O)(=O)N1CCC2(CC1)CC(=O)CO2. The molecule has 1 spiro atoms. The van der Waals surface area contributed by atoms with Crippen LogP contribution in [0.1, 0.15) is 30.7 Å². The molecule has 1 aromatic heterocycles. The van der Waals surface area contributed by atoms with E-state index in [-0.39, 0.29) is 42.5 Å². The van der Waals surface area contributed by atoms with Crippen LogP contribution in [0.15, 0.2) is 17.0 Å². The minimum absolute atomic E-state index is 0.000842. The minimum atomic E-state index is -4.63. The zero-order valence-electron chi connectivity index (χ0n) is 13.5. The second kappa shape index (κ2) is 6.03. The van der Waals surface area contributed by atoms with Crippen molar-refractivity contribution in [3.8, 4) is 0 Å². The summed E-state index contributed by atoms with van der Waals surface area (Å²) in [5, 5.41) is 0. The van der Waals surface area contributed by atoms with Gasteiger partial charge in [-0.25, -0.2) is 13.4 Å². The molecule has 2 aliphatic heterocycles. The summed E-state index contributed by atoms with van der Waals surface area (Å²) < 4.78 is 70.3. The first-order valence-electron chi connectivity index (χ1n) is 7.74. The molecule has 2 saturated heterocycles. The molecule has 138 valence electrons. The van der Waals surface area contributed by atoms with E-state index in [0.717, 1.165) is 6.07 Å². The van der Waals surface area contributed by atoms with Gasteiger partial charge in [0.15, 0.2) is 5.78 Å². The average molecular weight is 378 g/mol. The number of nitrogens with zero attached hydrogens (tertiary/aromatic N) is 2. The molecule has 0 saturated carbocycles. The quantitative estimate of drug-likeness (QED) is 0.786. The molecule has 0 bridgehead atoms. The Kier molecular flexibility index (Phi) is 4.41. The fraction of sp³-hybridized carbons (Fsp3) is 0.600. The molecule has 3 rings (SSSR count). The van der Waals surface area contributed by atoms with E-state index < -0.39 is 27.5 Å². The Balaban J connectivity index is 1.80. The van der Waals surface area contributed by atoms with Gasteiger partial charge >= 0.3 is 6.18 Å². The number of Topliss-reactive ketones (excluding diaryl/α,β-unsaturated/α-hetero) is 1. The maximum atomic E-state index is 12.7. The molecular weight excluding hydrogens is 361 g/mol. The third-order valence-electron chi connectivity index (χ3n) is 4.64.